The summed E-state index contributed by atoms with van der Waals surface area (Å²) < 4.78 is 48.3. The fourth-order valence-electron chi connectivity index (χ4n) is 2.85. The highest BCUT2D eigenvalue weighted by Gasteiger charge is 2.26. The van der Waals surface area contributed by atoms with Crippen LogP contribution in [0.2, 0.25) is 0 Å². The first-order chi connectivity index (χ1) is 12.8. The van der Waals surface area contributed by atoms with Crippen molar-refractivity contribution in [3.05, 3.63) is 53.7 Å². The summed E-state index contributed by atoms with van der Waals surface area (Å²) in [6.45, 7) is 0.892. The maximum Gasteiger partial charge on any atom is 0.287 e. The molecule has 1 aromatic heterocycles. The Bertz CT molecular complexity index is 887. The number of piperidine rings is 1. The van der Waals surface area contributed by atoms with Crippen molar-refractivity contribution in [2.75, 3.05) is 19.3 Å². The molecule has 1 aliphatic heterocycles. The molecule has 0 saturated carbocycles. The van der Waals surface area contributed by atoms with Crippen LogP contribution in [0.25, 0.3) is 0 Å². The van der Waals surface area contributed by atoms with Crippen LogP contribution in [0.5, 0.6) is 5.75 Å². The molecule has 1 amide bonds. The zero-order valence-electron chi connectivity index (χ0n) is 14.9. The van der Waals surface area contributed by atoms with Gasteiger partial charge in [0.15, 0.2) is 5.76 Å². The molecular weight excluding hydrogens is 375 g/mol. The number of furan rings is 1. The molecule has 1 fully saturated rings. The molecule has 0 aliphatic carbocycles. The minimum Gasteiger partial charge on any atom is -0.486 e. The first kappa shape index (κ1) is 19.4. The molecule has 1 saturated heterocycles. The second kappa shape index (κ2) is 8.10. The van der Waals surface area contributed by atoms with Crippen molar-refractivity contribution in [1.29, 1.82) is 0 Å². The van der Waals surface area contributed by atoms with Gasteiger partial charge in [-0.2, -0.15) is 0 Å². The number of amides is 1. The molecule has 0 bridgehead atoms. The molecule has 2 aromatic rings. The van der Waals surface area contributed by atoms with Crippen LogP contribution < -0.4 is 10.1 Å². The molecule has 1 N–H and O–H groups in total. The summed E-state index contributed by atoms with van der Waals surface area (Å²) in [5.41, 5.74) is 0. The lowest BCUT2D eigenvalue weighted by Gasteiger charge is -2.30. The van der Waals surface area contributed by atoms with Gasteiger partial charge < -0.3 is 14.5 Å². The number of ether oxygens (including phenoxy) is 1. The van der Waals surface area contributed by atoms with Gasteiger partial charge in [0.25, 0.3) is 5.91 Å². The number of nitrogens with zero attached hydrogens (tertiary/aromatic N) is 1. The summed E-state index contributed by atoms with van der Waals surface area (Å²) in [5, 5.41) is 2.86. The van der Waals surface area contributed by atoms with Crippen LogP contribution in [0, 0.1) is 5.82 Å². The van der Waals surface area contributed by atoms with Crippen molar-refractivity contribution in [1.82, 2.24) is 9.62 Å². The van der Waals surface area contributed by atoms with E-state index in [0.29, 0.717) is 37.4 Å². The highest BCUT2D eigenvalue weighted by molar-refractivity contribution is 7.88. The van der Waals surface area contributed by atoms with E-state index >= 15 is 0 Å². The Hall–Kier alpha value is -2.39. The van der Waals surface area contributed by atoms with Crippen LogP contribution >= 0.6 is 0 Å². The van der Waals surface area contributed by atoms with Crippen molar-refractivity contribution in [3.8, 4) is 5.75 Å². The topological polar surface area (TPSA) is 88.9 Å². The number of benzene rings is 1. The maximum atomic E-state index is 12.9. The van der Waals surface area contributed by atoms with Crippen LogP contribution in [0.15, 0.2) is 40.8 Å². The van der Waals surface area contributed by atoms with Crippen LogP contribution in [0.4, 0.5) is 4.39 Å². The van der Waals surface area contributed by atoms with Gasteiger partial charge in [0.05, 0.1) is 6.26 Å². The van der Waals surface area contributed by atoms with Crippen molar-refractivity contribution in [2.24, 2.45) is 0 Å². The number of hydrogen-bond acceptors (Lipinski definition) is 5. The molecule has 7 nitrogen and oxygen atoms in total. The third-order valence-electron chi connectivity index (χ3n) is 4.34. The van der Waals surface area contributed by atoms with Crippen LogP contribution in [0.1, 0.15) is 29.2 Å². The number of halogens is 1. The molecule has 0 atom stereocenters. The fraction of sp³-hybridized carbons (Fsp3) is 0.389. The van der Waals surface area contributed by atoms with Gasteiger partial charge in [0.1, 0.15) is 23.9 Å². The molecule has 3 rings (SSSR count). The van der Waals surface area contributed by atoms with E-state index in [9.17, 15) is 17.6 Å². The molecule has 0 unspecified atom stereocenters. The van der Waals surface area contributed by atoms with Gasteiger partial charge in [-0.3, -0.25) is 4.79 Å². The second-order valence-corrected chi connectivity index (χ2v) is 8.40. The van der Waals surface area contributed by atoms with Crippen LogP contribution in [-0.2, 0) is 16.6 Å². The molecule has 1 aromatic carbocycles. The number of nitrogens with one attached hydrogen (secondary N) is 1. The number of hydrogen-bond donors (Lipinski definition) is 1. The molecule has 27 heavy (non-hydrogen) atoms. The van der Waals surface area contributed by atoms with Crippen LogP contribution in [-0.4, -0.2) is 44.0 Å². The number of rotatable bonds is 6. The zero-order valence-corrected chi connectivity index (χ0v) is 15.7. The molecule has 146 valence electrons. The maximum absolute atomic E-state index is 12.9. The smallest absolute Gasteiger partial charge is 0.287 e. The Labute approximate surface area is 157 Å². The molecular formula is C18H21FN2O5S. The highest BCUT2D eigenvalue weighted by atomic mass is 32.2. The van der Waals surface area contributed by atoms with Crippen LogP contribution in [0.3, 0.4) is 0 Å². The summed E-state index contributed by atoms with van der Waals surface area (Å²) in [7, 11) is -3.19. The lowest BCUT2D eigenvalue weighted by molar-refractivity contribution is 0.0891. The summed E-state index contributed by atoms with van der Waals surface area (Å²) in [5.74, 6) is 0.438. The number of carbonyl (C=O) groups excluding carboxylic acids is 1. The average Bonchev–Trinajstić information content (AvgIpc) is 3.10. The van der Waals surface area contributed by atoms with Gasteiger partial charge >= 0.3 is 0 Å². The minimum atomic E-state index is -3.19. The number of sulfonamides is 1. The van der Waals surface area contributed by atoms with Crippen molar-refractivity contribution in [2.45, 2.75) is 25.5 Å². The van der Waals surface area contributed by atoms with E-state index in [1.807, 2.05) is 0 Å². The first-order valence-corrected chi connectivity index (χ1v) is 10.4. The molecule has 0 spiro atoms. The van der Waals surface area contributed by atoms with E-state index < -0.39 is 10.0 Å². The average molecular weight is 396 g/mol. The van der Waals surface area contributed by atoms with Crippen molar-refractivity contribution >= 4 is 15.9 Å². The summed E-state index contributed by atoms with van der Waals surface area (Å²) in [4.78, 5) is 12.3. The van der Waals surface area contributed by atoms with Gasteiger partial charge in [-0.15, -0.1) is 0 Å². The Morgan fingerprint density at radius 2 is 1.89 bits per heavy atom. The predicted molar refractivity (Wildman–Crippen MR) is 96.3 cm³/mol. The number of carbonyl (C=O) groups is 1. The van der Waals surface area contributed by atoms with Gasteiger partial charge in [-0.1, -0.05) is 0 Å². The van der Waals surface area contributed by atoms with Gasteiger partial charge in [-0.05, 0) is 49.2 Å². The quantitative estimate of drug-likeness (QED) is 0.808. The summed E-state index contributed by atoms with van der Waals surface area (Å²) >= 11 is 0. The molecule has 0 radical (unpaired) electrons. The molecule has 1 aliphatic rings. The van der Waals surface area contributed by atoms with E-state index in [1.165, 1.54) is 34.8 Å². The Balaban J connectivity index is 1.49. The Kier molecular flexibility index (Phi) is 5.81. The van der Waals surface area contributed by atoms with E-state index in [1.54, 1.807) is 12.1 Å². The van der Waals surface area contributed by atoms with E-state index in [2.05, 4.69) is 5.32 Å². The van der Waals surface area contributed by atoms with E-state index in [-0.39, 0.29) is 30.1 Å². The van der Waals surface area contributed by atoms with Crippen molar-refractivity contribution in [3.63, 3.8) is 0 Å². The fourth-order valence-corrected chi connectivity index (χ4v) is 3.73. The van der Waals surface area contributed by atoms with E-state index in [4.69, 9.17) is 9.15 Å². The lowest BCUT2D eigenvalue weighted by Crippen LogP contribution is -2.46. The predicted octanol–water partition coefficient (Wildman–Crippen LogP) is 2.15. The second-order valence-electron chi connectivity index (χ2n) is 6.42. The minimum absolute atomic E-state index is 0.0977. The molecule has 2 heterocycles. The zero-order chi connectivity index (χ0) is 19.4. The largest absolute Gasteiger partial charge is 0.486 e. The van der Waals surface area contributed by atoms with Crippen molar-refractivity contribution < 1.29 is 26.8 Å². The standard InChI is InChI=1S/C18H21FN2O5S/c1-27(23,24)21-10-8-14(9-11-21)20-18(22)17-7-6-16(26-17)12-25-15-4-2-13(19)3-5-15/h2-7,14H,8-12H2,1H3,(H,20,22). The third kappa shape index (κ3) is 5.30. The Morgan fingerprint density at radius 1 is 1.22 bits per heavy atom. The Morgan fingerprint density at radius 3 is 2.52 bits per heavy atom. The highest BCUT2D eigenvalue weighted by Crippen LogP contribution is 2.17. The molecule has 9 heteroatoms. The summed E-state index contributed by atoms with van der Waals surface area (Å²) in [6, 6.07) is 8.72. The van der Waals surface area contributed by atoms with Gasteiger partial charge in [0, 0.05) is 19.1 Å². The monoisotopic (exact) mass is 396 g/mol. The van der Waals surface area contributed by atoms with Gasteiger partial charge in [-0.25, -0.2) is 17.1 Å². The van der Waals surface area contributed by atoms with Gasteiger partial charge in [0.2, 0.25) is 10.0 Å². The third-order valence-corrected chi connectivity index (χ3v) is 5.64. The summed E-state index contributed by atoms with van der Waals surface area (Å²) in [6.07, 6.45) is 2.30. The lowest BCUT2D eigenvalue weighted by atomic mass is 10.1. The normalized spacial score (nSPS) is 16.2. The first-order valence-electron chi connectivity index (χ1n) is 8.54. The van der Waals surface area contributed by atoms with E-state index in [0.717, 1.165) is 0 Å². The SMILES string of the molecule is CS(=O)(=O)N1CCC(NC(=O)c2ccc(COc3ccc(F)cc3)o2)CC1.